The van der Waals surface area contributed by atoms with Crippen LogP contribution in [0, 0.1) is 0 Å². The predicted octanol–water partition coefficient (Wildman–Crippen LogP) is 1.68. The van der Waals surface area contributed by atoms with Crippen LogP contribution >= 0.6 is 11.8 Å². The Labute approximate surface area is 170 Å². The zero-order chi connectivity index (χ0) is 21.6. The van der Waals surface area contributed by atoms with Gasteiger partial charge in [-0.1, -0.05) is 11.8 Å². The molecule has 30 heavy (non-hydrogen) atoms. The van der Waals surface area contributed by atoms with Crippen LogP contribution in [0.15, 0.2) is 39.4 Å². The third-order valence-corrected chi connectivity index (χ3v) is 5.69. The van der Waals surface area contributed by atoms with Gasteiger partial charge in [0.1, 0.15) is 0 Å². The Kier molecular flexibility index (Phi) is 4.92. The Morgan fingerprint density at radius 1 is 1.13 bits per heavy atom. The maximum absolute atomic E-state index is 12.9. The number of pyridine rings is 1. The number of alkyl halides is 3. The number of halogens is 3. The molecule has 0 N–H and O–H groups in total. The second kappa shape index (κ2) is 7.31. The van der Waals surface area contributed by atoms with Crippen LogP contribution in [0.3, 0.4) is 0 Å². The van der Waals surface area contributed by atoms with Gasteiger partial charge in [0.25, 0.3) is 5.56 Å². The molecule has 0 spiro atoms. The molecule has 9 nitrogen and oxygen atoms in total. The predicted molar refractivity (Wildman–Crippen MR) is 104 cm³/mol. The van der Waals surface area contributed by atoms with E-state index >= 15 is 0 Å². The van der Waals surface area contributed by atoms with Gasteiger partial charge in [0.2, 0.25) is 0 Å². The molecule has 4 aromatic heterocycles. The van der Waals surface area contributed by atoms with Crippen molar-refractivity contribution in [2.75, 3.05) is 5.75 Å². The summed E-state index contributed by atoms with van der Waals surface area (Å²) < 4.78 is 44.1. The maximum atomic E-state index is 12.9. The summed E-state index contributed by atoms with van der Waals surface area (Å²) in [7, 11) is 3.22. The summed E-state index contributed by atoms with van der Waals surface area (Å²) in [4.78, 5) is 29.2. The standard InChI is InChI=1S/C17H16F3N7O2S/c1-24-9-21-13-12(24)14(28)26(16(29)25(13)2)6-3-7-30-15-23-22-11-5-4-10(8-27(11)15)17(18,19)20/h4-5,8-9H,3,6-7H2,1-2H3. The Morgan fingerprint density at radius 2 is 1.90 bits per heavy atom. The van der Waals surface area contributed by atoms with Gasteiger partial charge in [-0.2, -0.15) is 13.2 Å². The van der Waals surface area contributed by atoms with Gasteiger partial charge in [-0.25, -0.2) is 9.78 Å². The van der Waals surface area contributed by atoms with Gasteiger partial charge < -0.3 is 4.57 Å². The number of aryl methyl sites for hydroxylation is 2. The van der Waals surface area contributed by atoms with Crippen molar-refractivity contribution in [3.63, 3.8) is 0 Å². The van der Waals surface area contributed by atoms with Crippen molar-refractivity contribution < 1.29 is 13.2 Å². The second-order valence-corrected chi connectivity index (χ2v) is 7.72. The SMILES string of the molecule is Cn1cnc2c1c(=O)n(CCCSc1nnc3ccc(C(F)(F)F)cn13)c(=O)n2C. The van der Waals surface area contributed by atoms with Crippen molar-refractivity contribution >= 4 is 28.6 Å². The highest BCUT2D eigenvalue weighted by atomic mass is 32.2. The van der Waals surface area contributed by atoms with Crippen LogP contribution in [0.4, 0.5) is 13.2 Å². The molecule has 0 radical (unpaired) electrons. The summed E-state index contributed by atoms with van der Waals surface area (Å²) in [5, 5.41) is 8.09. The van der Waals surface area contributed by atoms with Gasteiger partial charge in [-0.15, -0.1) is 10.2 Å². The van der Waals surface area contributed by atoms with E-state index in [1.165, 1.54) is 33.1 Å². The van der Waals surface area contributed by atoms with E-state index in [4.69, 9.17) is 0 Å². The first-order valence-corrected chi connectivity index (χ1v) is 9.82. The fourth-order valence-corrected chi connectivity index (χ4v) is 3.96. The minimum atomic E-state index is -4.47. The highest BCUT2D eigenvalue weighted by Crippen LogP contribution is 2.30. The summed E-state index contributed by atoms with van der Waals surface area (Å²) >= 11 is 1.20. The van der Waals surface area contributed by atoms with E-state index in [-0.39, 0.29) is 6.54 Å². The summed E-state index contributed by atoms with van der Waals surface area (Å²) in [5.41, 5.74) is -0.755. The van der Waals surface area contributed by atoms with E-state index in [2.05, 4.69) is 15.2 Å². The molecule has 0 fully saturated rings. The largest absolute Gasteiger partial charge is 0.417 e. The number of hydrogen-bond donors (Lipinski definition) is 0. The molecule has 158 valence electrons. The lowest BCUT2D eigenvalue weighted by molar-refractivity contribution is -0.137. The van der Waals surface area contributed by atoms with Crippen LogP contribution in [0.25, 0.3) is 16.8 Å². The maximum Gasteiger partial charge on any atom is 0.417 e. The average Bonchev–Trinajstić information content (AvgIpc) is 3.28. The van der Waals surface area contributed by atoms with Gasteiger partial charge in [0.05, 0.1) is 11.9 Å². The Hall–Kier alpha value is -3.09. The lowest BCUT2D eigenvalue weighted by Crippen LogP contribution is -2.39. The molecule has 0 saturated carbocycles. The molecule has 0 saturated heterocycles. The Morgan fingerprint density at radius 3 is 2.63 bits per heavy atom. The number of aromatic nitrogens is 7. The van der Waals surface area contributed by atoms with Crippen molar-refractivity contribution in [3.8, 4) is 0 Å². The zero-order valence-corrected chi connectivity index (χ0v) is 16.7. The molecular weight excluding hydrogens is 423 g/mol. The van der Waals surface area contributed by atoms with Crippen molar-refractivity contribution in [2.24, 2.45) is 14.1 Å². The molecule has 4 heterocycles. The molecule has 13 heteroatoms. The lowest BCUT2D eigenvalue weighted by Gasteiger charge is -2.09. The molecule has 0 unspecified atom stereocenters. The molecule has 4 rings (SSSR count). The molecule has 0 amide bonds. The molecule has 0 aromatic carbocycles. The first-order chi connectivity index (χ1) is 14.2. The van der Waals surface area contributed by atoms with Crippen LogP contribution in [-0.4, -0.2) is 39.0 Å². The van der Waals surface area contributed by atoms with E-state index in [1.807, 2.05) is 0 Å². The second-order valence-electron chi connectivity index (χ2n) is 6.65. The van der Waals surface area contributed by atoms with E-state index in [0.29, 0.717) is 34.1 Å². The fourth-order valence-electron chi connectivity index (χ4n) is 3.12. The highest BCUT2D eigenvalue weighted by molar-refractivity contribution is 7.99. The van der Waals surface area contributed by atoms with E-state index in [9.17, 15) is 22.8 Å². The summed E-state index contributed by atoms with van der Waals surface area (Å²) in [6, 6.07) is 2.21. The number of thioether (sulfide) groups is 1. The quantitative estimate of drug-likeness (QED) is 0.347. The minimum Gasteiger partial charge on any atom is -0.328 e. The van der Waals surface area contributed by atoms with Gasteiger partial charge in [-0.05, 0) is 18.6 Å². The molecular formula is C17H16F3N7O2S. The summed E-state index contributed by atoms with van der Waals surface area (Å²) in [6.07, 6.45) is -1.62. The number of nitrogens with zero attached hydrogens (tertiary/aromatic N) is 7. The first-order valence-electron chi connectivity index (χ1n) is 8.84. The third kappa shape index (κ3) is 3.38. The normalized spacial score (nSPS) is 12.3. The monoisotopic (exact) mass is 439 g/mol. The van der Waals surface area contributed by atoms with E-state index in [0.717, 1.165) is 16.8 Å². The molecule has 4 aromatic rings. The first kappa shape index (κ1) is 20.2. The summed E-state index contributed by atoms with van der Waals surface area (Å²) in [6.45, 7) is 0.157. The molecule has 0 aliphatic carbocycles. The average molecular weight is 439 g/mol. The summed E-state index contributed by atoms with van der Waals surface area (Å²) in [5.74, 6) is 0.427. The fraction of sp³-hybridized carbons (Fsp3) is 0.353. The van der Waals surface area contributed by atoms with Gasteiger partial charge >= 0.3 is 11.9 Å². The third-order valence-electron chi connectivity index (χ3n) is 4.66. The van der Waals surface area contributed by atoms with Crippen molar-refractivity contribution in [1.82, 2.24) is 33.3 Å². The van der Waals surface area contributed by atoms with Crippen molar-refractivity contribution in [1.29, 1.82) is 0 Å². The molecule has 0 aliphatic heterocycles. The molecule has 0 bridgehead atoms. The topological polar surface area (TPSA) is 92.0 Å². The van der Waals surface area contributed by atoms with E-state index in [1.54, 1.807) is 18.7 Å². The number of rotatable bonds is 5. The Bertz CT molecular complexity index is 1370. The molecule has 0 aliphatic rings. The lowest BCUT2D eigenvalue weighted by atomic mass is 10.3. The highest BCUT2D eigenvalue weighted by Gasteiger charge is 2.31. The van der Waals surface area contributed by atoms with Crippen molar-refractivity contribution in [3.05, 3.63) is 51.1 Å². The van der Waals surface area contributed by atoms with Crippen molar-refractivity contribution in [2.45, 2.75) is 24.3 Å². The van der Waals surface area contributed by atoms with Gasteiger partial charge in [0, 0.05) is 32.6 Å². The molecule has 0 atom stereocenters. The minimum absolute atomic E-state index is 0.157. The Balaban J connectivity index is 1.52. The van der Waals surface area contributed by atoms with Crippen LogP contribution in [-0.2, 0) is 26.8 Å². The van der Waals surface area contributed by atoms with E-state index < -0.39 is 23.0 Å². The van der Waals surface area contributed by atoms with Gasteiger partial charge in [-0.3, -0.25) is 18.3 Å². The smallest absolute Gasteiger partial charge is 0.328 e. The van der Waals surface area contributed by atoms with Crippen LogP contribution in [0.1, 0.15) is 12.0 Å². The van der Waals surface area contributed by atoms with Gasteiger partial charge in [0.15, 0.2) is 22.0 Å². The van der Waals surface area contributed by atoms with Crippen LogP contribution < -0.4 is 11.2 Å². The number of fused-ring (bicyclic) bond motifs is 2. The van der Waals surface area contributed by atoms with Crippen LogP contribution in [0.2, 0.25) is 0 Å². The number of hydrogen-bond acceptors (Lipinski definition) is 6. The zero-order valence-electron chi connectivity index (χ0n) is 15.9. The van der Waals surface area contributed by atoms with Crippen LogP contribution in [0.5, 0.6) is 0 Å². The number of imidazole rings is 1.